The molecule has 0 saturated heterocycles. The lowest BCUT2D eigenvalue weighted by atomic mass is 9.88. The van der Waals surface area contributed by atoms with E-state index >= 15 is 0 Å². The normalized spacial score (nSPS) is 20.7. The van der Waals surface area contributed by atoms with Gasteiger partial charge in [0.05, 0.1) is 19.3 Å². The van der Waals surface area contributed by atoms with E-state index < -0.39 is 0 Å². The average molecular weight is 382 g/mol. The molecule has 1 aromatic carbocycles. The van der Waals surface area contributed by atoms with E-state index in [-0.39, 0.29) is 18.5 Å². The van der Waals surface area contributed by atoms with Gasteiger partial charge in [0, 0.05) is 18.6 Å². The van der Waals surface area contributed by atoms with Crippen LogP contribution < -0.4 is 0 Å². The second-order valence-electron chi connectivity index (χ2n) is 7.94. The predicted octanol–water partition coefficient (Wildman–Crippen LogP) is 4.95. The predicted molar refractivity (Wildman–Crippen MR) is 110 cm³/mol. The van der Waals surface area contributed by atoms with Gasteiger partial charge in [-0.05, 0) is 31.2 Å². The molecule has 1 unspecified atom stereocenters. The molecule has 0 radical (unpaired) electrons. The number of nitrogens with zero attached hydrogens (tertiary/aromatic N) is 1. The van der Waals surface area contributed by atoms with Gasteiger partial charge in [-0.25, -0.2) is 0 Å². The molecule has 1 aromatic rings. The summed E-state index contributed by atoms with van der Waals surface area (Å²) in [5, 5.41) is 10.6. The Morgan fingerprint density at radius 3 is 1.96 bits per heavy atom. The van der Waals surface area contributed by atoms with Gasteiger partial charge < -0.3 is 9.84 Å². The van der Waals surface area contributed by atoms with Crippen molar-refractivity contribution in [1.82, 2.24) is 4.90 Å². The molecular formula is C22H36ClNO2. The second-order valence-corrected chi connectivity index (χ2v) is 7.94. The van der Waals surface area contributed by atoms with Gasteiger partial charge in [-0.15, -0.1) is 12.4 Å². The van der Waals surface area contributed by atoms with Crippen molar-refractivity contribution < 1.29 is 9.84 Å². The van der Waals surface area contributed by atoms with Crippen molar-refractivity contribution in [3.05, 3.63) is 35.9 Å². The number of rotatable bonds is 8. The molecule has 148 valence electrons. The van der Waals surface area contributed by atoms with Crippen molar-refractivity contribution in [1.29, 1.82) is 0 Å². The zero-order valence-electron chi connectivity index (χ0n) is 16.0. The molecular weight excluding hydrogens is 346 g/mol. The van der Waals surface area contributed by atoms with Gasteiger partial charge in [-0.1, -0.05) is 68.9 Å². The molecule has 2 saturated carbocycles. The Labute approximate surface area is 165 Å². The summed E-state index contributed by atoms with van der Waals surface area (Å²) < 4.78 is 5.78. The van der Waals surface area contributed by atoms with E-state index in [2.05, 4.69) is 17.0 Å². The molecule has 2 fully saturated rings. The molecule has 0 aliphatic heterocycles. The van der Waals surface area contributed by atoms with E-state index in [0.29, 0.717) is 25.3 Å². The molecule has 0 amide bonds. The third-order valence-corrected chi connectivity index (χ3v) is 5.93. The summed E-state index contributed by atoms with van der Waals surface area (Å²) in [5.41, 5.74) is 1.17. The van der Waals surface area contributed by atoms with Crippen LogP contribution in [0.1, 0.15) is 69.8 Å². The number of ether oxygens (including phenoxy) is 1. The standard InChI is InChI=1S/C22H35NO2.ClH/c24-22(18-25-17-19-10-4-1-5-11-19)16-23(20-12-6-2-7-13-20)21-14-8-3-9-15-21;/h1,4-5,10-11,20-22,24H,2-3,6-9,12-18H2;1H. The minimum atomic E-state index is -0.382. The van der Waals surface area contributed by atoms with Crippen LogP contribution in [-0.4, -0.2) is 41.3 Å². The first-order valence-electron chi connectivity index (χ1n) is 10.4. The number of benzene rings is 1. The highest BCUT2D eigenvalue weighted by Crippen LogP contribution is 2.30. The van der Waals surface area contributed by atoms with Gasteiger partial charge in [0.2, 0.25) is 0 Å². The smallest absolute Gasteiger partial charge is 0.0900 e. The van der Waals surface area contributed by atoms with E-state index in [1.54, 1.807) is 0 Å². The summed E-state index contributed by atoms with van der Waals surface area (Å²) in [6, 6.07) is 11.6. The van der Waals surface area contributed by atoms with Gasteiger partial charge in [0.1, 0.15) is 0 Å². The van der Waals surface area contributed by atoms with Crippen molar-refractivity contribution in [2.45, 2.75) is 89.0 Å². The Balaban J connectivity index is 0.00000243. The third kappa shape index (κ3) is 6.84. The minimum Gasteiger partial charge on any atom is -0.389 e. The largest absolute Gasteiger partial charge is 0.389 e. The Kier molecular flexibility index (Phi) is 9.98. The fourth-order valence-electron chi connectivity index (χ4n) is 4.60. The van der Waals surface area contributed by atoms with Crippen molar-refractivity contribution in [3.8, 4) is 0 Å². The Morgan fingerprint density at radius 1 is 0.885 bits per heavy atom. The van der Waals surface area contributed by atoms with Gasteiger partial charge in [0.15, 0.2) is 0 Å². The average Bonchev–Trinajstić information content (AvgIpc) is 2.68. The fraction of sp³-hybridized carbons (Fsp3) is 0.727. The lowest BCUT2D eigenvalue weighted by Crippen LogP contribution is -2.49. The maximum absolute atomic E-state index is 10.6. The highest BCUT2D eigenvalue weighted by Gasteiger charge is 2.30. The molecule has 4 heteroatoms. The lowest BCUT2D eigenvalue weighted by molar-refractivity contribution is -0.0183. The molecule has 2 aliphatic rings. The number of hydrogen-bond donors (Lipinski definition) is 1. The zero-order chi connectivity index (χ0) is 17.3. The van der Waals surface area contributed by atoms with E-state index in [9.17, 15) is 5.11 Å². The van der Waals surface area contributed by atoms with Gasteiger partial charge in [-0.3, -0.25) is 4.90 Å². The van der Waals surface area contributed by atoms with Crippen molar-refractivity contribution in [2.24, 2.45) is 0 Å². The molecule has 26 heavy (non-hydrogen) atoms. The summed E-state index contributed by atoms with van der Waals surface area (Å²) in [7, 11) is 0. The molecule has 1 N–H and O–H groups in total. The number of aliphatic hydroxyl groups excluding tert-OH is 1. The second kappa shape index (κ2) is 12.0. The fourth-order valence-corrected chi connectivity index (χ4v) is 4.60. The number of hydrogen-bond acceptors (Lipinski definition) is 3. The maximum Gasteiger partial charge on any atom is 0.0900 e. The molecule has 1 atom stereocenters. The first-order valence-corrected chi connectivity index (χ1v) is 10.4. The van der Waals surface area contributed by atoms with E-state index in [4.69, 9.17) is 4.74 Å². The summed E-state index contributed by atoms with van der Waals surface area (Å²) >= 11 is 0. The Bertz CT molecular complexity index is 454. The van der Waals surface area contributed by atoms with Crippen LogP contribution in [-0.2, 0) is 11.3 Å². The van der Waals surface area contributed by atoms with Crippen LogP contribution in [0.5, 0.6) is 0 Å². The van der Waals surface area contributed by atoms with Crippen LogP contribution >= 0.6 is 12.4 Å². The number of aliphatic hydroxyl groups is 1. The highest BCUT2D eigenvalue weighted by molar-refractivity contribution is 5.85. The van der Waals surface area contributed by atoms with Crippen LogP contribution in [0.3, 0.4) is 0 Å². The molecule has 2 aliphatic carbocycles. The van der Waals surface area contributed by atoms with Crippen LogP contribution in [0, 0.1) is 0 Å². The minimum absolute atomic E-state index is 0. The Morgan fingerprint density at radius 2 is 1.42 bits per heavy atom. The first-order chi connectivity index (χ1) is 12.3. The quantitative estimate of drug-likeness (QED) is 0.691. The molecule has 0 spiro atoms. The van der Waals surface area contributed by atoms with Crippen LogP contribution in [0.15, 0.2) is 30.3 Å². The molecule has 0 bridgehead atoms. The van der Waals surface area contributed by atoms with Crippen LogP contribution in [0.25, 0.3) is 0 Å². The SMILES string of the molecule is Cl.OC(COCc1ccccc1)CN(C1CCCCC1)C1CCCCC1. The molecule has 3 rings (SSSR count). The molecule has 3 nitrogen and oxygen atoms in total. The van der Waals surface area contributed by atoms with E-state index in [0.717, 1.165) is 6.54 Å². The van der Waals surface area contributed by atoms with Gasteiger partial charge in [0.25, 0.3) is 0 Å². The molecule has 0 aromatic heterocycles. The third-order valence-electron chi connectivity index (χ3n) is 5.93. The summed E-state index contributed by atoms with van der Waals surface area (Å²) in [4.78, 5) is 2.66. The topological polar surface area (TPSA) is 32.7 Å². The van der Waals surface area contributed by atoms with E-state index in [1.807, 2.05) is 18.2 Å². The summed E-state index contributed by atoms with van der Waals surface area (Å²) in [5.74, 6) is 0. The first kappa shape index (κ1) is 21.7. The summed E-state index contributed by atoms with van der Waals surface area (Å²) in [6.07, 6.45) is 13.1. The zero-order valence-corrected chi connectivity index (χ0v) is 16.8. The van der Waals surface area contributed by atoms with Gasteiger partial charge in [-0.2, -0.15) is 0 Å². The van der Waals surface area contributed by atoms with E-state index in [1.165, 1.54) is 69.8 Å². The highest BCUT2D eigenvalue weighted by atomic mass is 35.5. The maximum atomic E-state index is 10.6. The van der Waals surface area contributed by atoms with Gasteiger partial charge >= 0.3 is 0 Å². The van der Waals surface area contributed by atoms with Crippen molar-refractivity contribution in [3.63, 3.8) is 0 Å². The lowest BCUT2D eigenvalue weighted by Gasteiger charge is -2.42. The summed E-state index contributed by atoms with van der Waals surface area (Å²) in [6.45, 7) is 1.81. The van der Waals surface area contributed by atoms with Crippen molar-refractivity contribution >= 4 is 12.4 Å². The van der Waals surface area contributed by atoms with Crippen molar-refractivity contribution in [2.75, 3.05) is 13.2 Å². The van der Waals surface area contributed by atoms with Crippen LogP contribution in [0.4, 0.5) is 0 Å². The van der Waals surface area contributed by atoms with Crippen LogP contribution in [0.2, 0.25) is 0 Å². The Hall–Kier alpha value is -0.610. The molecule has 0 heterocycles. The number of halogens is 1. The monoisotopic (exact) mass is 381 g/mol.